The van der Waals surface area contributed by atoms with E-state index in [1.807, 2.05) is 32.0 Å². The van der Waals surface area contributed by atoms with Crippen LogP contribution in [0.25, 0.3) is 0 Å². The van der Waals surface area contributed by atoms with Crippen molar-refractivity contribution in [2.75, 3.05) is 14.1 Å². The van der Waals surface area contributed by atoms with E-state index in [1.165, 1.54) is 11.9 Å². The fourth-order valence-electron chi connectivity index (χ4n) is 2.43. The molecule has 0 radical (unpaired) electrons. The Labute approximate surface area is 159 Å². The van der Waals surface area contributed by atoms with Gasteiger partial charge < -0.3 is 10.6 Å². The van der Waals surface area contributed by atoms with E-state index < -0.39 is 10.0 Å². The number of nitrogens with zero attached hydrogens (tertiary/aromatic N) is 2. The first-order chi connectivity index (χ1) is 12.3. The summed E-state index contributed by atoms with van der Waals surface area (Å²) in [6.07, 6.45) is 0. The fourth-order valence-corrected chi connectivity index (χ4v) is 4.07. The minimum atomic E-state index is -3.28. The van der Waals surface area contributed by atoms with Crippen LogP contribution < -0.4 is 15.4 Å². The molecule has 1 aromatic carbocycles. The number of thiazole rings is 1. The molecule has 0 fully saturated rings. The van der Waals surface area contributed by atoms with Gasteiger partial charge in [-0.25, -0.2) is 18.1 Å². The predicted molar refractivity (Wildman–Crippen MR) is 107 cm³/mol. The standard InChI is InChI=1S/C17H25N5O2S2/c1-12-16(25-13(2)22-12)10-21-17(18-3)20-9-14-6-5-7-15(8-14)11-26(23,24)19-4/h5-8,19H,9-11H2,1-4H3,(H2,18,20,21). The number of hydrogen-bond acceptors (Lipinski definition) is 5. The molecule has 9 heteroatoms. The van der Waals surface area contributed by atoms with Gasteiger partial charge in [0.2, 0.25) is 10.0 Å². The third-order valence-electron chi connectivity index (χ3n) is 3.76. The third-order valence-corrected chi connectivity index (χ3v) is 6.17. The summed E-state index contributed by atoms with van der Waals surface area (Å²) >= 11 is 1.67. The number of rotatable bonds is 7. The highest BCUT2D eigenvalue weighted by Crippen LogP contribution is 2.16. The molecule has 0 amide bonds. The number of nitrogens with one attached hydrogen (secondary N) is 3. The maximum Gasteiger partial charge on any atom is 0.215 e. The van der Waals surface area contributed by atoms with Gasteiger partial charge in [-0.15, -0.1) is 11.3 Å². The molecule has 2 aromatic rings. The smallest absolute Gasteiger partial charge is 0.215 e. The molecule has 0 aliphatic carbocycles. The first-order valence-corrected chi connectivity index (χ1v) is 10.7. The zero-order valence-electron chi connectivity index (χ0n) is 15.5. The van der Waals surface area contributed by atoms with Crippen LogP contribution >= 0.6 is 11.3 Å². The highest BCUT2D eigenvalue weighted by atomic mass is 32.2. The average Bonchev–Trinajstić information content (AvgIpc) is 2.92. The lowest BCUT2D eigenvalue weighted by Gasteiger charge is -2.12. The van der Waals surface area contributed by atoms with Gasteiger partial charge in [0.1, 0.15) is 0 Å². The van der Waals surface area contributed by atoms with Gasteiger partial charge in [-0.1, -0.05) is 24.3 Å². The molecule has 0 aliphatic rings. The van der Waals surface area contributed by atoms with E-state index in [-0.39, 0.29) is 5.75 Å². The molecule has 0 aliphatic heterocycles. The number of benzene rings is 1. The predicted octanol–water partition coefficient (Wildman–Crippen LogP) is 1.67. The summed E-state index contributed by atoms with van der Waals surface area (Å²) in [6, 6.07) is 7.50. The SMILES string of the molecule is CN=C(NCc1cccc(CS(=O)(=O)NC)c1)NCc1sc(C)nc1C. The van der Waals surface area contributed by atoms with Gasteiger partial charge in [-0.3, -0.25) is 4.99 Å². The second kappa shape index (κ2) is 9.11. The summed E-state index contributed by atoms with van der Waals surface area (Å²) in [4.78, 5) is 9.83. The molecule has 7 nitrogen and oxygen atoms in total. The Kier molecular flexibility index (Phi) is 7.13. The zero-order valence-corrected chi connectivity index (χ0v) is 17.1. The number of aliphatic imine (C=N–C) groups is 1. The number of hydrogen-bond donors (Lipinski definition) is 3. The van der Waals surface area contributed by atoms with Crippen molar-refractivity contribution < 1.29 is 8.42 Å². The third kappa shape index (κ3) is 6.08. The normalized spacial score (nSPS) is 12.2. The second-order valence-corrected chi connectivity index (χ2v) is 9.02. The molecule has 0 spiro atoms. The molecule has 142 valence electrons. The number of aryl methyl sites for hydroxylation is 2. The van der Waals surface area contributed by atoms with Crippen LogP contribution in [0.4, 0.5) is 0 Å². The molecule has 3 N–H and O–H groups in total. The first kappa shape index (κ1) is 20.3. The van der Waals surface area contributed by atoms with Crippen LogP contribution in [0.3, 0.4) is 0 Å². The van der Waals surface area contributed by atoms with E-state index in [0.717, 1.165) is 21.8 Å². The summed E-state index contributed by atoms with van der Waals surface area (Å²) in [5.41, 5.74) is 2.77. The quantitative estimate of drug-likeness (QED) is 0.490. The minimum absolute atomic E-state index is 0.0334. The lowest BCUT2D eigenvalue weighted by atomic mass is 10.1. The Hall–Kier alpha value is -1.97. The van der Waals surface area contributed by atoms with Crippen LogP contribution in [0.1, 0.15) is 26.7 Å². The Morgan fingerprint density at radius 2 is 1.88 bits per heavy atom. The van der Waals surface area contributed by atoms with E-state index in [4.69, 9.17) is 0 Å². The van der Waals surface area contributed by atoms with Crippen molar-refractivity contribution in [3.8, 4) is 0 Å². The van der Waals surface area contributed by atoms with E-state index in [1.54, 1.807) is 24.5 Å². The van der Waals surface area contributed by atoms with Crippen LogP contribution in [0, 0.1) is 13.8 Å². The second-order valence-electron chi connectivity index (χ2n) is 5.80. The number of sulfonamides is 1. The molecular weight excluding hydrogens is 370 g/mol. The van der Waals surface area contributed by atoms with Gasteiger partial charge >= 0.3 is 0 Å². The van der Waals surface area contributed by atoms with E-state index in [0.29, 0.717) is 19.0 Å². The molecule has 1 aromatic heterocycles. The largest absolute Gasteiger partial charge is 0.352 e. The van der Waals surface area contributed by atoms with E-state index in [9.17, 15) is 8.42 Å². The molecule has 26 heavy (non-hydrogen) atoms. The summed E-state index contributed by atoms with van der Waals surface area (Å²) in [5.74, 6) is 0.651. The van der Waals surface area contributed by atoms with Crippen molar-refractivity contribution in [2.24, 2.45) is 4.99 Å². The van der Waals surface area contributed by atoms with Gasteiger partial charge in [0.05, 0.1) is 23.0 Å². The summed E-state index contributed by atoms with van der Waals surface area (Å²) in [6.45, 7) is 5.21. The molecule has 0 unspecified atom stereocenters. The maximum absolute atomic E-state index is 11.7. The summed E-state index contributed by atoms with van der Waals surface area (Å²) in [7, 11) is -0.140. The van der Waals surface area contributed by atoms with Crippen molar-refractivity contribution in [1.29, 1.82) is 0 Å². The zero-order chi connectivity index (χ0) is 19.2. The van der Waals surface area contributed by atoms with Crippen molar-refractivity contribution >= 4 is 27.3 Å². The van der Waals surface area contributed by atoms with Crippen molar-refractivity contribution in [3.63, 3.8) is 0 Å². The van der Waals surface area contributed by atoms with Crippen molar-refractivity contribution in [1.82, 2.24) is 20.3 Å². The average molecular weight is 396 g/mol. The van der Waals surface area contributed by atoms with Crippen LogP contribution in [-0.4, -0.2) is 33.5 Å². The van der Waals surface area contributed by atoms with Crippen LogP contribution in [0.15, 0.2) is 29.3 Å². The number of aromatic nitrogens is 1. The Balaban J connectivity index is 1.93. The lowest BCUT2D eigenvalue weighted by Crippen LogP contribution is -2.36. The van der Waals surface area contributed by atoms with Gasteiger partial charge in [0, 0.05) is 18.5 Å². The highest BCUT2D eigenvalue weighted by Gasteiger charge is 2.09. The van der Waals surface area contributed by atoms with E-state index >= 15 is 0 Å². The van der Waals surface area contributed by atoms with Crippen molar-refractivity contribution in [2.45, 2.75) is 32.7 Å². The molecule has 2 rings (SSSR count). The molecule has 0 saturated heterocycles. The fraction of sp³-hybridized carbons (Fsp3) is 0.412. The number of guanidine groups is 1. The lowest BCUT2D eigenvalue weighted by molar-refractivity contribution is 0.587. The minimum Gasteiger partial charge on any atom is -0.352 e. The van der Waals surface area contributed by atoms with Crippen LogP contribution in [0.5, 0.6) is 0 Å². The maximum atomic E-state index is 11.7. The first-order valence-electron chi connectivity index (χ1n) is 8.19. The summed E-state index contributed by atoms with van der Waals surface area (Å²) < 4.78 is 25.7. The van der Waals surface area contributed by atoms with Gasteiger partial charge in [-0.2, -0.15) is 0 Å². The van der Waals surface area contributed by atoms with Crippen LogP contribution in [0.2, 0.25) is 0 Å². The molecular formula is C17H25N5O2S2. The molecule has 0 saturated carbocycles. The molecule has 0 bridgehead atoms. The van der Waals surface area contributed by atoms with Gasteiger partial charge in [-0.05, 0) is 32.0 Å². The Morgan fingerprint density at radius 3 is 2.50 bits per heavy atom. The van der Waals surface area contributed by atoms with Crippen LogP contribution in [-0.2, 0) is 28.9 Å². The van der Waals surface area contributed by atoms with Gasteiger partial charge in [0.25, 0.3) is 0 Å². The molecule has 0 atom stereocenters. The summed E-state index contributed by atoms with van der Waals surface area (Å²) in [5, 5.41) is 7.57. The van der Waals surface area contributed by atoms with E-state index in [2.05, 4.69) is 25.3 Å². The monoisotopic (exact) mass is 395 g/mol. The topological polar surface area (TPSA) is 95.5 Å². The Morgan fingerprint density at radius 1 is 1.19 bits per heavy atom. The Bertz CT molecular complexity index is 875. The van der Waals surface area contributed by atoms with Crippen molar-refractivity contribution in [3.05, 3.63) is 51.0 Å². The van der Waals surface area contributed by atoms with Gasteiger partial charge in [0.15, 0.2) is 5.96 Å². The molecule has 1 heterocycles. The highest BCUT2D eigenvalue weighted by molar-refractivity contribution is 7.88.